The zero-order chi connectivity index (χ0) is 20.1. The lowest BCUT2D eigenvalue weighted by atomic mass is 10.0. The van der Waals surface area contributed by atoms with Crippen LogP contribution in [0.25, 0.3) is 0 Å². The third-order valence-electron chi connectivity index (χ3n) is 4.43. The molecule has 6 nitrogen and oxygen atoms in total. The molecule has 0 heterocycles. The number of nitrogens with zero attached hydrogens (tertiary/aromatic N) is 1. The van der Waals surface area contributed by atoms with Gasteiger partial charge in [0, 0.05) is 19.6 Å². The summed E-state index contributed by atoms with van der Waals surface area (Å²) >= 11 is 0. The molecule has 0 fully saturated rings. The fourth-order valence-corrected chi connectivity index (χ4v) is 5.31. The molecular formula is C19H26N2O4S2. The van der Waals surface area contributed by atoms with Gasteiger partial charge < -0.3 is 0 Å². The monoisotopic (exact) mass is 410 g/mol. The van der Waals surface area contributed by atoms with Crippen LogP contribution in [0.3, 0.4) is 0 Å². The van der Waals surface area contributed by atoms with Crippen molar-refractivity contribution in [2.45, 2.75) is 36.5 Å². The van der Waals surface area contributed by atoms with Crippen molar-refractivity contribution in [2.24, 2.45) is 0 Å². The average molecular weight is 411 g/mol. The van der Waals surface area contributed by atoms with E-state index < -0.39 is 20.0 Å². The highest BCUT2D eigenvalue weighted by Gasteiger charge is 2.23. The molecule has 1 atom stereocenters. The van der Waals surface area contributed by atoms with Crippen LogP contribution in [-0.4, -0.2) is 40.8 Å². The average Bonchev–Trinajstić information content (AvgIpc) is 2.67. The Balaban J connectivity index is 2.13. The van der Waals surface area contributed by atoms with E-state index in [0.717, 1.165) is 5.56 Å². The van der Waals surface area contributed by atoms with Crippen molar-refractivity contribution in [2.75, 3.05) is 19.6 Å². The van der Waals surface area contributed by atoms with Crippen molar-refractivity contribution in [3.8, 4) is 0 Å². The number of hydrogen-bond acceptors (Lipinski definition) is 4. The predicted octanol–water partition coefficient (Wildman–Crippen LogP) is 2.80. The highest BCUT2D eigenvalue weighted by molar-refractivity contribution is 7.89. The van der Waals surface area contributed by atoms with Gasteiger partial charge in [0.1, 0.15) is 0 Å². The standard InChI is InChI=1S/C19H26N2O4S2/c1-4-21(5-2)27(24,25)19-13-11-18(12-14-19)26(22,23)20-15-16(3)17-9-7-6-8-10-17/h6-14,16,20H,4-5,15H2,1-3H3/t16-/m1/s1. The number of benzene rings is 2. The molecule has 0 unspecified atom stereocenters. The van der Waals surface area contributed by atoms with Crippen molar-refractivity contribution in [1.29, 1.82) is 0 Å². The van der Waals surface area contributed by atoms with E-state index in [1.165, 1.54) is 28.6 Å². The van der Waals surface area contributed by atoms with Gasteiger partial charge in [0.2, 0.25) is 20.0 Å². The number of sulfonamides is 2. The van der Waals surface area contributed by atoms with Gasteiger partial charge in [0.05, 0.1) is 9.79 Å². The summed E-state index contributed by atoms with van der Waals surface area (Å²) in [5.41, 5.74) is 1.04. The predicted molar refractivity (Wildman–Crippen MR) is 107 cm³/mol. The smallest absolute Gasteiger partial charge is 0.211 e. The summed E-state index contributed by atoms with van der Waals surface area (Å²) in [6.45, 7) is 6.44. The lowest BCUT2D eigenvalue weighted by molar-refractivity contribution is 0.445. The lowest BCUT2D eigenvalue weighted by Gasteiger charge is -2.18. The van der Waals surface area contributed by atoms with Crippen molar-refractivity contribution in [1.82, 2.24) is 9.03 Å². The number of hydrogen-bond donors (Lipinski definition) is 1. The van der Waals surface area contributed by atoms with E-state index >= 15 is 0 Å². The van der Waals surface area contributed by atoms with Crippen LogP contribution in [0, 0.1) is 0 Å². The molecule has 2 aromatic carbocycles. The van der Waals surface area contributed by atoms with Crippen LogP contribution in [0.2, 0.25) is 0 Å². The van der Waals surface area contributed by atoms with Gasteiger partial charge in [-0.3, -0.25) is 0 Å². The van der Waals surface area contributed by atoms with Gasteiger partial charge in [0.25, 0.3) is 0 Å². The van der Waals surface area contributed by atoms with Gasteiger partial charge in [-0.25, -0.2) is 21.6 Å². The zero-order valence-corrected chi connectivity index (χ0v) is 17.4. The quantitative estimate of drug-likeness (QED) is 0.689. The Morgan fingerprint density at radius 2 is 1.37 bits per heavy atom. The van der Waals surface area contributed by atoms with Crippen molar-refractivity contribution in [3.05, 3.63) is 60.2 Å². The molecule has 0 radical (unpaired) electrons. The summed E-state index contributed by atoms with van der Waals surface area (Å²) in [4.78, 5) is 0.129. The third kappa shape index (κ3) is 5.16. The Kier molecular flexibility index (Phi) is 7.16. The zero-order valence-electron chi connectivity index (χ0n) is 15.8. The van der Waals surface area contributed by atoms with Crippen molar-refractivity contribution >= 4 is 20.0 Å². The first-order valence-corrected chi connectivity index (χ1v) is 11.8. The minimum absolute atomic E-state index is 0.0169. The van der Waals surface area contributed by atoms with Crippen LogP contribution in [0.5, 0.6) is 0 Å². The molecule has 0 aliphatic heterocycles. The molecule has 0 saturated carbocycles. The fourth-order valence-electron chi connectivity index (χ4n) is 2.72. The molecule has 0 spiro atoms. The number of nitrogens with one attached hydrogen (secondary N) is 1. The molecule has 1 N–H and O–H groups in total. The van der Waals surface area contributed by atoms with Crippen LogP contribution in [0.1, 0.15) is 32.3 Å². The third-order valence-corrected chi connectivity index (χ3v) is 7.93. The van der Waals surface area contributed by atoms with E-state index in [2.05, 4.69) is 4.72 Å². The van der Waals surface area contributed by atoms with E-state index in [1.807, 2.05) is 37.3 Å². The van der Waals surface area contributed by atoms with Gasteiger partial charge in [-0.1, -0.05) is 51.1 Å². The Bertz CT molecular complexity index is 937. The Morgan fingerprint density at radius 3 is 1.89 bits per heavy atom. The molecule has 148 valence electrons. The normalized spacial score (nSPS) is 13.6. The van der Waals surface area contributed by atoms with Crippen LogP contribution in [0.15, 0.2) is 64.4 Å². The summed E-state index contributed by atoms with van der Waals surface area (Å²) in [5, 5.41) is 0. The maximum absolute atomic E-state index is 12.5. The Hall–Kier alpha value is -1.74. The second-order valence-corrected chi connectivity index (χ2v) is 9.93. The topological polar surface area (TPSA) is 83.6 Å². The first kappa shape index (κ1) is 21.6. The van der Waals surface area contributed by atoms with Gasteiger partial charge >= 0.3 is 0 Å². The molecule has 0 saturated heterocycles. The molecule has 0 aliphatic carbocycles. The molecule has 0 amide bonds. The summed E-state index contributed by atoms with van der Waals surface area (Å²) in [6, 6.07) is 15.0. The van der Waals surface area contributed by atoms with Crippen LogP contribution < -0.4 is 4.72 Å². The van der Waals surface area contributed by atoms with Crippen molar-refractivity contribution in [3.63, 3.8) is 0 Å². The van der Waals surface area contributed by atoms with E-state index in [9.17, 15) is 16.8 Å². The highest BCUT2D eigenvalue weighted by Crippen LogP contribution is 2.19. The maximum Gasteiger partial charge on any atom is 0.243 e. The molecule has 0 aliphatic rings. The van der Waals surface area contributed by atoms with E-state index in [1.54, 1.807) is 13.8 Å². The summed E-state index contributed by atoms with van der Waals surface area (Å²) in [7, 11) is -7.32. The van der Waals surface area contributed by atoms with Crippen LogP contribution >= 0.6 is 0 Å². The van der Waals surface area contributed by atoms with E-state index in [0.29, 0.717) is 13.1 Å². The van der Waals surface area contributed by atoms with Gasteiger partial charge in [0.15, 0.2) is 0 Å². The molecule has 0 bridgehead atoms. The van der Waals surface area contributed by atoms with Gasteiger partial charge in [-0.2, -0.15) is 4.31 Å². The SMILES string of the molecule is CCN(CC)S(=O)(=O)c1ccc(S(=O)(=O)NC[C@@H](C)c2ccccc2)cc1. The van der Waals surface area contributed by atoms with E-state index in [4.69, 9.17) is 0 Å². The largest absolute Gasteiger partial charge is 0.243 e. The minimum Gasteiger partial charge on any atom is -0.211 e. The second-order valence-electron chi connectivity index (χ2n) is 6.22. The molecule has 8 heteroatoms. The molecule has 0 aromatic heterocycles. The van der Waals surface area contributed by atoms with Crippen LogP contribution in [0.4, 0.5) is 0 Å². The Labute approximate surface area is 162 Å². The molecule has 2 aromatic rings. The minimum atomic E-state index is -3.72. The first-order chi connectivity index (χ1) is 12.7. The lowest BCUT2D eigenvalue weighted by Crippen LogP contribution is -2.31. The van der Waals surface area contributed by atoms with Crippen molar-refractivity contribution < 1.29 is 16.8 Å². The first-order valence-electron chi connectivity index (χ1n) is 8.87. The second kappa shape index (κ2) is 8.97. The maximum atomic E-state index is 12.5. The van der Waals surface area contributed by atoms with Gasteiger partial charge in [-0.05, 0) is 35.7 Å². The Morgan fingerprint density at radius 1 is 0.852 bits per heavy atom. The van der Waals surface area contributed by atoms with E-state index in [-0.39, 0.29) is 22.3 Å². The highest BCUT2D eigenvalue weighted by atomic mass is 32.2. The molecule has 27 heavy (non-hydrogen) atoms. The molecular weight excluding hydrogens is 384 g/mol. The fraction of sp³-hybridized carbons (Fsp3) is 0.368. The molecule has 2 rings (SSSR count). The van der Waals surface area contributed by atoms with Gasteiger partial charge in [-0.15, -0.1) is 0 Å². The summed E-state index contributed by atoms with van der Waals surface area (Å²) in [5.74, 6) is 0.0169. The summed E-state index contributed by atoms with van der Waals surface area (Å²) in [6.07, 6.45) is 0. The number of rotatable bonds is 9. The van der Waals surface area contributed by atoms with Crippen LogP contribution in [-0.2, 0) is 20.0 Å². The summed E-state index contributed by atoms with van der Waals surface area (Å²) < 4.78 is 53.9.